The van der Waals surface area contributed by atoms with E-state index in [-0.39, 0.29) is 23.6 Å². The van der Waals surface area contributed by atoms with Crippen LogP contribution in [0.5, 0.6) is 0 Å². The maximum absolute atomic E-state index is 11.4. The van der Waals surface area contributed by atoms with Gasteiger partial charge in [-0.05, 0) is 13.8 Å². The third-order valence-electron chi connectivity index (χ3n) is 2.36. The normalized spacial score (nSPS) is 15.9. The molecule has 0 radical (unpaired) electrons. The molecule has 1 aromatic rings. The second-order valence-electron chi connectivity index (χ2n) is 3.89. The molecule has 16 heavy (non-hydrogen) atoms. The summed E-state index contributed by atoms with van der Waals surface area (Å²) in [6.07, 6.45) is 1.81. The lowest BCUT2D eigenvalue weighted by Gasteiger charge is -2.18. The molecule has 0 aliphatic rings. The molecule has 4 nitrogen and oxygen atoms in total. The zero-order valence-electron chi connectivity index (χ0n) is 9.80. The second-order valence-corrected chi connectivity index (χ2v) is 7.21. The van der Waals surface area contributed by atoms with Gasteiger partial charge in [0.25, 0.3) is 0 Å². The maximum atomic E-state index is 11.4. The van der Waals surface area contributed by atoms with E-state index in [1.165, 1.54) is 0 Å². The molecule has 0 fully saturated rings. The van der Waals surface area contributed by atoms with Crippen LogP contribution in [0.15, 0.2) is 11.7 Å². The van der Waals surface area contributed by atoms with Gasteiger partial charge < -0.3 is 5.32 Å². The lowest BCUT2D eigenvalue weighted by molar-refractivity contribution is 0.504. The Morgan fingerprint density at radius 2 is 2.19 bits per heavy atom. The van der Waals surface area contributed by atoms with Gasteiger partial charge in [0.1, 0.15) is 0 Å². The average molecular weight is 262 g/mol. The summed E-state index contributed by atoms with van der Waals surface area (Å²) in [6.45, 7) is 5.59. The van der Waals surface area contributed by atoms with Crippen molar-refractivity contribution in [2.24, 2.45) is 0 Å². The van der Waals surface area contributed by atoms with E-state index in [1.807, 2.05) is 20.0 Å². The topological polar surface area (TPSA) is 59.1 Å². The fourth-order valence-corrected chi connectivity index (χ4v) is 3.23. The van der Waals surface area contributed by atoms with Crippen LogP contribution in [0.2, 0.25) is 0 Å². The van der Waals surface area contributed by atoms with Crippen molar-refractivity contribution in [1.29, 1.82) is 0 Å². The predicted octanol–water partition coefficient (Wildman–Crippen LogP) is 1.62. The summed E-state index contributed by atoms with van der Waals surface area (Å²) >= 11 is 1.57. The number of nitrogens with one attached hydrogen (secondary N) is 1. The van der Waals surface area contributed by atoms with E-state index in [9.17, 15) is 8.42 Å². The highest BCUT2D eigenvalue weighted by molar-refractivity contribution is 7.91. The molecular formula is C10H18N2O2S2. The second kappa shape index (κ2) is 5.75. The lowest BCUT2D eigenvalue weighted by atomic mass is 10.2. The van der Waals surface area contributed by atoms with Gasteiger partial charge in [-0.25, -0.2) is 8.42 Å². The van der Waals surface area contributed by atoms with Crippen molar-refractivity contribution in [3.63, 3.8) is 0 Å². The summed E-state index contributed by atoms with van der Waals surface area (Å²) in [4.78, 5) is 5.13. The highest BCUT2D eigenvalue weighted by Crippen LogP contribution is 2.16. The van der Waals surface area contributed by atoms with Crippen LogP contribution in [0.25, 0.3) is 0 Å². The van der Waals surface area contributed by atoms with Crippen LogP contribution in [0, 0.1) is 0 Å². The van der Waals surface area contributed by atoms with Crippen molar-refractivity contribution in [2.45, 2.75) is 32.9 Å². The lowest BCUT2D eigenvalue weighted by Crippen LogP contribution is -2.35. The molecule has 0 aliphatic heterocycles. The number of rotatable bonds is 6. The van der Waals surface area contributed by atoms with Gasteiger partial charge in [0.05, 0.1) is 11.3 Å². The number of thiazole rings is 1. The van der Waals surface area contributed by atoms with Crippen molar-refractivity contribution < 1.29 is 8.42 Å². The summed E-state index contributed by atoms with van der Waals surface area (Å²) in [5.41, 5.74) is 1.78. The van der Waals surface area contributed by atoms with Crippen LogP contribution in [0.4, 0.5) is 0 Å². The van der Waals surface area contributed by atoms with Crippen LogP contribution in [-0.2, 0) is 9.84 Å². The van der Waals surface area contributed by atoms with Gasteiger partial charge in [-0.3, -0.25) is 4.98 Å². The average Bonchev–Trinajstić information content (AvgIpc) is 2.69. The van der Waals surface area contributed by atoms with Crippen molar-refractivity contribution in [3.8, 4) is 0 Å². The van der Waals surface area contributed by atoms with E-state index in [2.05, 4.69) is 10.3 Å². The minimum Gasteiger partial charge on any atom is -0.306 e. The molecule has 0 spiro atoms. The Kier molecular flexibility index (Phi) is 4.89. The summed E-state index contributed by atoms with van der Waals surface area (Å²) in [5.74, 6) is 0.389. The molecule has 0 aliphatic carbocycles. The Hall–Kier alpha value is -0.460. The largest absolute Gasteiger partial charge is 0.306 e. The molecule has 1 aromatic heterocycles. The maximum Gasteiger partial charge on any atom is 0.151 e. The SMILES string of the molecule is CCS(=O)(=O)CC(C)NC(C)c1cncs1. The summed E-state index contributed by atoms with van der Waals surface area (Å²) < 4.78 is 22.9. The molecule has 6 heteroatoms. The number of aromatic nitrogens is 1. The Morgan fingerprint density at radius 1 is 1.50 bits per heavy atom. The van der Waals surface area contributed by atoms with Gasteiger partial charge in [-0.15, -0.1) is 11.3 Å². The molecular weight excluding hydrogens is 244 g/mol. The quantitative estimate of drug-likeness (QED) is 0.846. The Balaban J connectivity index is 2.49. The molecule has 0 bridgehead atoms. The third kappa shape index (κ3) is 4.19. The van der Waals surface area contributed by atoms with Crippen LogP contribution >= 0.6 is 11.3 Å². The van der Waals surface area contributed by atoms with Gasteiger partial charge >= 0.3 is 0 Å². The number of hydrogen-bond acceptors (Lipinski definition) is 5. The number of nitrogens with zero attached hydrogens (tertiary/aromatic N) is 1. The molecule has 0 amide bonds. The molecule has 1 N–H and O–H groups in total. The minimum absolute atomic E-state index is 0.0398. The molecule has 0 aromatic carbocycles. The first kappa shape index (κ1) is 13.6. The smallest absolute Gasteiger partial charge is 0.151 e. The number of sulfone groups is 1. The minimum atomic E-state index is -2.91. The molecule has 0 saturated heterocycles. The number of hydrogen-bond donors (Lipinski definition) is 1. The molecule has 0 saturated carbocycles. The van der Waals surface area contributed by atoms with Gasteiger partial charge in [0.15, 0.2) is 9.84 Å². The van der Waals surface area contributed by atoms with E-state index in [4.69, 9.17) is 0 Å². The summed E-state index contributed by atoms with van der Waals surface area (Å²) in [5, 5.41) is 3.26. The highest BCUT2D eigenvalue weighted by Gasteiger charge is 2.16. The van der Waals surface area contributed by atoms with E-state index >= 15 is 0 Å². The Morgan fingerprint density at radius 3 is 2.69 bits per heavy atom. The molecule has 92 valence electrons. The first-order valence-electron chi connectivity index (χ1n) is 5.29. The van der Waals surface area contributed by atoms with E-state index in [1.54, 1.807) is 23.8 Å². The Labute approximate surface area is 101 Å². The standard InChI is InChI=1S/C10H18N2O2S2/c1-4-16(13,14)6-8(2)12-9(3)10-5-11-7-15-10/h5,7-9,12H,4,6H2,1-3H3. The van der Waals surface area contributed by atoms with E-state index in [0.29, 0.717) is 0 Å². The van der Waals surface area contributed by atoms with Gasteiger partial charge in [0, 0.05) is 28.9 Å². The Bertz CT molecular complexity index is 400. The monoisotopic (exact) mass is 262 g/mol. The molecule has 2 atom stereocenters. The van der Waals surface area contributed by atoms with Crippen molar-refractivity contribution in [2.75, 3.05) is 11.5 Å². The van der Waals surface area contributed by atoms with E-state index < -0.39 is 9.84 Å². The fraction of sp³-hybridized carbons (Fsp3) is 0.700. The van der Waals surface area contributed by atoms with Gasteiger partial charge in [-0.1, -0.05) is 6.92 Å². The molecule has 1 heterocycles. The van der Waals surface area contributed by atoms with E-state index in [0.717, 1.165) is 4.88 Å². The molecule has 2 unspecified atom stereocenters. The van der Waals surface area contributed by atoms with Crippen LogP contribution in [0.1, 0.15) is 31.7 Å². The summed E-state index contributed by atoms with van der Waals surface area (Å²) in [7, 11) is -2.91. The zero-order chi connectivity index (χ0) is 12.2. The van der Waals surface area contributed by atoms with Crippen LogP contribution in [-0.4, -0.2) is 30.9 Å². The molecule has 1 rings (SSSR count). The first-order valence-corrected chi connectivity index (χ1v) is 7.99. The van der Waals surface area contributed by atoms with Crippen LogP contribution in [0.3, 0.4) is 0 Å². The summed E-state index contributed by atoms with van der Waals surface area (Å²) in [6, 6.07) is 0.108. The predicted molar refractivity (Wildman–Crippen MR) is 67.5 cm³/mol. The first-order chi connectivity index (χ1) is 7.44. The third-order valence-corrected chi connectivity index (χ3v) is 5.20. The van der Waals surface area contributed by atoms with Gasteiger partial charge in [-0.2, -0.15) is 0 Å². The van der Waals surface area contributed by atoms with Gasteiger partial charge in [0.2, 0.25) is 0 Å². The van der Waals surface area contributed by atoms with Crippen molar-refractivity contribution in [1.82, 2.24) is 10.3 Å². The van der Waals surface area contributed by atoms with Crippen molar-refractivity contribution >= 4 is 21.2 Å². The van der Waals surface area contributed by atoms with Crippen LogP contribution < -0.4 is 5.32 Å². The fourth-order valence-electron chi connectivity index (χ4n) is 1.50. The van der Waals surface area contributed by atoms with Crippen molar-refractivity contribution in [3.05, 3.63) is 16.6 Å². The zero-order valence-corrected chi connectivity index (χ0v) is 11.4. The highest BCUT2D eigenvalue weighted by atomic mass is 32.2.